The molecule has 0 unspecified atom stereocenters. The van der Waals surface area contributed by atoms with Crippen molar-refractivity contribution >= 4 is 34.6 Å². The van der Waals surface area contributed by atoms with Gasteiger partial charge >= 0.3 is 5.97 Å². The van der Waals surface area contributed by atoms with Crippen LogP contribution in [0, 0.1) is 10.1 Å². The zero-order valence-corrected chi connectivity index (χ0v) is 15.1. The highest BCUT2D eigenvalue weighted by Crippen LogP contribution is 2.29. The second kappa shape index (κ2) is 8.95. The van der Waals surface area contributed by atoms with Gasteiger partial charge in [0.25, 0.3) is 11.6 Å². The lowest BCUT2D eigenvalue weighted by molar-refractivity contribution is -0.384. The summed E-state index contributed by atoms with van der Waals surface area (Å²) in [5.74, 6) is -0.887. The molecule has 8 nitrogen and oxygen atoms in total. The number of benzene rings is 1. The normalized spacial score (nSPS) is 11.5. The summed E-state index contributed by atoms with van der Waals surface area (Å²) in [5.41, 5.74) is 0.0949. The molecule has 1 atom stereocenters. The third-order valence-corrected chi connectivity index (χ3v) is 4.42. The average Bonchev–Trinajstić information content (AvgIpc) is 3.13. The second-order valence-electron chi connectivity index (χ2n) is 5.34. The standard InChI is InChI=1S/C17H18N2O6S/c1-11(25-16(20)8-6-13-4-3-9-26-13)17(21)18-14-7-5-12(19(22)23)10-15(14)24-2/h3-5,7,9-11H,6,8H2,1-2H3,(H,18,21)/t11-/m0/s1. The van der Waals surface area contributed by atoms with E-state index in [2.05, 4.69) is 5.32 Å². The van der Waals surface area contributed by atoms with Gasteiger partial charge in [-0.1, -0.05) is 6.07 Å². The van der Waals surface area contributed by atoms with Crippen molar-refractivity contribution in [1.82, 2.24) is 0 Å². The number of ether oxygens (including phenoxy) is 2. The lowest BCUT2D eigenvalue weighted by Gasteiger charge is -2.15. The molecule has 0 bridgehead atoms. The fourth-order valence-corrected chi connectivity index (χ4v) is 2.83. The molecule has 1 aromatic heterocycles. The number of esters is 1. The number of hydrogen-bond acceptors (Lipinski definition) is 7. The highest BCUT2D eigenvalue weighted by Gasteiger charge is 2.20. The van der Waals surface area contributed by atoms with Gasteiger partial charge in [-0.25, -0.2) is 0 Å². The Morgan fingerprint density at radius 1 is 1.35 bits per heavy atom. The third-order valence-electron chi connectivity index (χ3n) is 3.49. The van der Waals surface area contributed by atoms with Crippen LogP contribution < -0.4 is 10.1 Å². The molecule has 26 heavy (non-hydrogen) atoms. The molecular formula is C17H18N2O6S. The van der Waals surface area contributed by atoms with Crippen LogP contribution in [0.2, 0.25) is 0 Å². The molecule has 0 fully saturated rings. The number of carbonyl (C=O) groups excluding carboxylic acids is 2. The Labute approximate surface area is 153 Å². The van der Waals surface area contributed by atoms with Crippen LogP contribution in [0.4, 0.5) is 11.4 Å². The number of anilines is 1. The van der Waals surface area contributed by atoms with Gasteiger partial charge < -0.3 is 14.8 Å². The first kappa shape index (κ1) is 19.4. The van der Waals surface area contributed by atoms with E-state index < -0.39 is 22.9 Å². The number of rotatable bonds is 8. The van der Waals surface area contributed by atoms with Gasteiger partial charge in [0.2, 0.25) is 0 Å². The van der Waals surface area contributed by atoms with Crippen LogP contribution in [0.1, 0.15) is 18.2 Å². The number of nitrogens with one attached hydrogen (secondary N) is 1. The average molecular weight is 378 g/mol. The molecule has 1 heterocycles. The summed E-state index contributed by atoms with van der Waals surface area (Å²) in [6.07, 6.45) is -0.272. The minimum absolute atomic E-state index is 0.142. The van der Waals surface area contributed by atoms with Gasteiger partial charge in [-0.3, -0.25) is 19.7 Å². The van der Waals surface area contributed by atoms with Crippen molar-refractivity contribution in [1.29, 1.82) is 0 Å². The van der Waals surface area contributed by atoms with E-state index in [-0.39, 0.29) is 23.5 Å². The van der Waals surface area contributed by atoms with Crippen LogP contribution in [-0.4, -0.2) is 30.0 Å². The van der Waals surface area contributed by atoms with Crippen molar-refractivity contribution in [2.45, 2.75) is 25.9 Å². The SMILES string of the molecule is COc1cc([N+](=O)[O-])ccc1NC(=O)[C@H](C)OC(=O)CCc1cccs1. The van der Waals surface area contributed by atoms with Crippen molar-refractivity contribution in [2.75, 3.05) is 12.4 Å². The van der Waals surface area contributed by atoms with E-state index in [4.69, 9.17) is 9.47 Å². The number of nitro benzene ring substituents is 1. The van der Waals surface area contributed by atoms with E-state index in [9.17, 15) is 19.7 Å². The van der Waals surface area contributed by atoms with Crippen LogP contribution in [0.3, 0.4) is 0 Å². The highest BCUT2D eigenvalue weighted by molar-refractivity contribution is 7.09. The zero-order valence-electron chi connectivity index (χ0n) is 14.3. The maximum atomic E-state index is 12.2. The number of thiophene rings is 1. The summed E-state index contributed by atoms with van der Waals surface area (Å²) >= 11 is 1.55. The van der Waals surface area contributed by atoms with Gasteiger partial charge in [0, 0.05) is 10.9 Å². The van der Waals surface area contributed by atoms with Gasteiger partial charge in [0.05, 0.1) is 30.2 Å². The molecule has 0 saturated carbocycles. The number of aryl methyl sites for hydroxylation is 1. The Balaban J connectivity index is 1.91. The Morgan fingerprint density at radius 3 is 2.73 bits per heavy atom. The maximum Gasteiger partial charge on any atom is 0.306 e. The summed E-state index contributed by atoms with van der Waals surface area (Å²) in [6, 6.07) is 7.64. The molecule has 0 spiro atoms. The predicted molar refractivity (Wildman–Crippen MR) is 96.5 cm³/mol. The van der Waals surface area contributed by atoms with E-state index in [1.807, 2.05) is 17.5 Å². The zero-order chi connectivity index (χ0) is 19.1. The molecule has 138 valence electrons. The Morgan fingerprint density at radius 2 is 2.12 bits per heavy atom. The molecular weight excluding hydrogens is 360 g/mol. The van der Waals surface area contributed by atoms with Crippen molar-refractivity contribution in [3.05, 3.63) is 50.7 Å². The van der Waals surface area contributed by atoms with Gasteiger partial charge in [-0.15, -0.1) is 11.3 Å². The largest absolute Gasteiger partial charge is 0.494 e. The summed E-state index contributed by atoms with van der Waals surface area (Å²) in [4.78, 5) is 35.3. The quantitative estimate of drug-likeness (QED) is 0.429. The topological polar surface area (TPSA) is 108 Å². The molecule has 2 rings (SSSR count). The fraction of sp³-hybridized carbons (Fsp3) is 0.294. The molecule has 1 N–H and O–H groups in total. The van der Waals surface area contributed by atoms with Crippen LogP contribution >= 0.6 is 11.3 Å². The first-order valence-corrected chi connectivity index (χ1v) is 8.64. The van der Waals surface area contributed by atoms with E-state index >= 15 is 0 Å². The predicted octanol–water partition coefficient (Wildman–Crippen LogP) is 3.17. The van der Waals surface area contributed by atoms with Crippen LogP contribution in [0.25, 0.3) is 0 Å². The monoisotopic (exact) mass is 378 g/mol. The fourth-order valence-electron chi connectivity index (χ4n) is 2.12. The van der Waals surface area contributed by atoms with Gasteiger partial charge in [-0.05, 0) is 30.9 Å². The number of non-ortho nitro benzene ring substituents is 1. The van der Waals surface area contributed by atoms with Crippen molar-refractivity contribution in [3.8, 4) is 5.75 Å². The Bertz CT molecular complexity index is 791. The van der Waals surface area contributed by atoms with Crippen LogP contribution in [-0.2, 0) is 20.7 Å². The molecule has 2 aromatic rings. The molecule has 1 amide bonds. The molecule has 0 aliphatic heterocycles. The summed E-state index contributed by atoms with van der Waals surface area (Å²) in [6.45, 7) is 1.45. The Kier molecular flexibility index (Phi) is 6.67. The molecule has 0 aliphatic rings. The molecule has 9 heteroatoms. The maximum absolute atomic E-state index is 12.2. The van der Waals surface area contributed by atoms with E-state index in [1.54, 1.807) is 11.3 Å². The van der Waals surface area contributed by atoms with E-state index in [0.29, 0.717) is 6.42 Å². The summed E-state index contributed by atoms with van der Waals surface area (Å²) in [7, 11) is 1.34. The van der Waals surface area contributed by atoms with Crippen LogP contribution in [0.15, 0.2) is 35.7 Å². The first-order chi connectivity index (χ1) is 12.4. The number of carbonyl (C=O) groups is 2. The minimum Gasteiger partial charge on any atom is -0.494 e. The lowest BCUT2D eigenvalue weighted by Crippen LogP contribution is -2.30. The minimum atomic E-state index is -1.01. The van der Waals surface area contributed by atoms with E-state index in [0.717, 1.165) is 4.88 Å². The second-order valence-corrected chi connectivity index (χ2v) is 6.37. The van der Waals surface area contributed by atoms with E-state index in [1.165, 1.54) is 32.2 Å². The molecule has 0 radical (unpaired) electrons. The number of amides is 1. The summed E-state index contributed by atoms with van der Waals surface area (Å²) in [5, 5.41) is 15.3. The first-order valence-electron chi connectivity index (χ1n) is 7.76. The smallest absolute Gasteiger partial charge is 0.306 e. The summed E-state index contributed by atoms with van der Waals surface area (Å²) < 4.78 is 10.2. The van der Waals surface area contributed by atoms with Gasteiger partial charge in [0.1, 0.15) is 5.75 Å². The van der Waals surface area contributed by atoms with Gasteiger partial charge in [0.15, 0.2) is 6.10 Å². The molecule has 0 saturated heterocycles. The van der Waals surface area contributed by atoms with Crippen LogP contribution in [0.5, 0.6) is 5.75 Å². The van der Waals surface area contributed by atoms with Crippen molar-refractivity contribution in [3.63, 3.8) is 0 Å². The van der Waals surface area contributed by atoms with Crippen molar-refractivity contribution in [2.24, 2.45) is 0 Å². The number of nitrogens with zero attached hydrogens (tertiary/aromatic N) is 1. The number of hydrogen-bond donors (Lipinski definition) is 1. The lowest BCUT2D eigenvalue weighted by atomic mass is 10.2. The number of nitro groups is 1. The highest BCUT2D eigenvalue weighted by atomic mass is 32.1. The number of methoxy groups -OCH3 is 1. The third kappa shape index (κ3) is 5.28. The van der Waals surface area contributed by atoms with Gasteiger partial charge in [-0.2, -0.15) is 0 Å². The Hall–Kier alpha value is -2.94. The molecule has 0 aliphatic carbocycles. The molecule has 1 aromatic carbocycles. The van der Waals surface area contributed by atoms with Crippen molar-refractivity contribution < 1.29 is 24.0 Å².